The Morgan fingerprint density at radius 1 is 1.54 bits per heavy atom. The van der Waals surface area contributed by atoms with Crippen molar-refractivity contribution in [2.45, 2.75) is 43.7 Å². The van der Waals surface area contributed by atoms with Crippen molar-refractivity contribution in [1.82, 2.24) is 9.55 Å². The zero-order chi connectivity index (χ0) is 18.7. The largest absolute Gasteiger partial charge is 0.465 e. The van der Waals surface area contributed by atoms with Crippen LogP contribution in [0, 0.1) is 0 Å². The SMILES string of the molecule is COC(=O)c1ccc2c(=O)n(C[C@@H](C)O)c(SC[C@@H]3CCCO3)nc2c1. The van der Waals surface area contributed by atoms with Crippen LogP contribution >= 0.6 is 11.8 Å². The molecule has 2 atom stereocenters. The molecule has 0 amide bonds. The molecule has 1 saturated heterocycles. The third kappa shape index (κ3) is 4.08. The quantitative estimate of drug-likeness (QED) is 0.466. The Kier molecular flexibility index (Phi) is 5.95. The summed E-state index contributed by atoms with van der Waals surface area (Å²) in [6.07, 6.45) is 1.50. The van der Waals surface area contributed by atoms with Gasteiger partial charge in [-0.1, -0.05) is 11.8 Å². The van der Waals surface area contributed by atoms with Gasteiger partial charge in [0.15, 0.2) is 5.16 Å². The highest BCUT2D eigenvalue weighted by atomic mass is 32.2. The summed E-state index contributed by atoms with van der Waals surface area (Å²) < 4.78 is 11.9. The van der Waals surface area contributed by atoms with Crippen LogP contribution in [0.4, 0.5) is 0 Å². The van der Waals surface area contributed by atoms with E-state index in [1.54, 1.807) is 25.1 Å². The van der Waals surface area contributed by atoms with Crippen molar-refractivity contribution in [3.05, 3.63) is 34.1 Å². The minimum Gasteiger partial charge on any atom is -0.465 e. The molecule has 0 unspecified atom stereocenters. The van der Waals surface area contributed by atoms with E-state index in [9.17, 15) is 14.7 Å². The smallest absolute Gasteiger partial charge is 0.337 e. The third-order valence-electron chi connectivity index (χ3n) is 4.21. The van der Waals surface area contributed by atoms with Crippen molar-refractivity contribution in [1.29, 1.82) is 0 Å². The van der Waals surface area contributed by atoms with E-state index in [2.05, 4.69) is 4.98 Å². The van der Waals surface area contributed by atoms with Crippen molar-refractivity contribution in [2.24, 2.45) is 0 Å². The van der Waals surface area contributed by atoms with Gasteiger partial charge in [-0.25, -0.2) is 9.78 Å². The number of carbonyl (C=O) groups excluding carboxylic acids is 1. The zero-order valence-electron chi connectivity index (χ0n) is 14.8. The number of ether oxygens (including phenoxy) is 2. The van der Waals surface area contributed by atoms with Crippen LogP contribution in [-0.4, -0.2) is 52.3 Å². The molecular formula is C18H22N2O5S. The minimum atomic E-state index is -0.677. The van der Waals surface area contributed by atoms with Crippen LogP contribution in [0.2, 0.25) is 0 Å². The summed E-state index contributed by atoms with van der Waals surface area (Å²) in [6.45, 7) is 2.55. The summed E-state index contributed by atoms with van der Waals surface area (Å²) in [5.41, 5.74) is 0.548. The van der Waals surface area contributed by atoms with Gasteiger partial charge in [-0.15, -0.1) is 0 Å². The molecule has 1 fully saturated rings. The highest BCUT2D eigenvalue weighted by molar-refractivity contribution is 7.99. The molecule has 1 aromatic heterocycles. The maximum absolute atomic E-state index is 12.9. The van der Waals surface area contributed by atoms with Gasteiger partial charge in [0.25, 0.3) is 5.56 Å². The molecule has 0 saturated carbocycles. The third-order valence-corrected chi connectivity index (χ3v) is 5.32. The monoisotopic (exact) mass is 378 g/mol. The first-order valence-corrected chi connectivity index (χ1v) is 9.53. The Bertz CT molecular complexity index is 859. The van der Waals surface area contributed by atoms with E-state index < -0.39 is 12.1 Å². The number of hydrogen-bond donors (Lipinski definition) is 1. The van der Waals surface area contributed by atoms with Crippen molar-refractivity contribution in [3.8, 4) is 0 Å². The van der Waals surface area contributed by atoms with Crippen LogP contribution in [0.3, 0.4) is 0 Å². The molecule has 0 spiro atoms. The molecule has 1 aliphatic rings. The zero-order valence-corrected chi connectivity index (χ0v) is 15.6. The van der Waals surface area contributed by atoms with E-state index in [0.29, 0.717) is 27.4 Å². The molecule has 2 heterocycles. The lowest BCUT2D eigenvalue weighted by Crippen LogP contribution is -2.28. The average Bonchev–Trinajstić information content (AvgIpc) is 3.14. The maximum Gasteiger partial charge on any atom is 0.337 e. The number of hydrogen-bond acceptors (Lipinski definition) is 7. The maximum atomic E-state index is 12.9. The second-order valence-corrected chi connectivity index (χ2v) is 7.32. The number of nitrogens with zero attached hydrogens (tertiary/aromatic N) is 2. The summed E-state index contributed by atoms with van der Waals surface area (Å²) in [4.78, 5) is 29.2. The summed E-state index contributed by atoms with van der Waals surface area (Å²) in [5, 5.41) is 10.7. The fraction of sp³-hybridized carbons (Fsp3) is 0.500. The Morgan fingerprint density at radius 2 is 2.35 bits per heavy atom. The van der Waals surface area contributed by atoms with Gasteiger partial charge < -0.3 is 14.6 Å². The molecule has 1 aliphatic heterocycles. The lowest BCUT2D eigenvalue weighted by molar-refractivity contribution is 0.0601. The van der Waals surface area contributed by atoms with Gasteiger partial charge in [0.2, 0.25) is 0 Å². The summed E-state index contributed by atoms with van der Waals surface area (Å²) >= 11 is 1.43. The van der Waals surface area contributed by atoms with Crippen molar-refractivity contribution in [2.75, 3.05) is 19.5 Å². The van der Waals surface area contributed by atoms with Crippen molar-refractivity contribution >= 4 is 28.6 Å². The number of aromatic nitrogens is 2. The fourth-order valence-electron chi connectivity index (χ4n) is 2.92. The Balaban J connectivity index is 2.02. The first-order valence-electron chi connectivity index (χ1n) is 8.55. The molecule has 7 nitrogen and oxygen atoms in total. The van der Waals surface area contributed by atoms with Gasteiger partial charge in [0, 0.05) is 12.4 Å². The summed E-state index contributed by atoms with van der Waals surface area (Å²) in [6, 6.07) is 4.68. The molecule has 140 valence electrons. The van der Waals surface area contributed by atoms with Crippen LogP contribution in [-0.2, 0) is 16.0 Å². The molecule has 8 heteroatoms. The Labute approximate surface area is 155 Å². The molecule has 1 aromatic carbocycles. The lowest BCUT2D eigenvalue weighted by atomic mass is 10.1. The molecule has 3 rings (SSSR count). The number of rotatable bonds is 6. The van der Waals surface area contributed by atoms with Gasteiger partial charge in [-0.3, -0.25) is 9.36 Å². The first-order chi connectivity index (χ1) is 12.5. The number of methoxy groups -OCH3 is 1. The predicted octanol–water partition coefficient (Wildman–Crippen LogP) is 1.83. The van der Waals surface area contributed by atoms with Crippen molar-refractivity contribution < 1.29 is 19.4 Å². The van der Waals surface area contributed by atoms with Crippen LogP contribution in [0.25, 0.3) is 10.9 Å². The number of aliphatic hydroxyl groups is 1. The topological polar surface area (TPSA) is 90.7 Å². The number of aliphatic hydroxyl groups excluding tert-OH is 1. The van der Waals surface area contributed by atoms with E-state index in [4.69, 9.17) is 9.47 Å². The standard InChI is InChI=1S/C18H22N2O5S/c1-11(21)9-20-16(22)14-6-5-12(17(23)24-2)8-15(14)19-18(20)26-10-13-4-3-7-25-13/h5-6,8,11,13,21H,3-4,7,9-10H2,1-2H3/t11-,13+/m1/s1. The molecule has 26 heavy (non-hydrogen) atoms. The highest BCUT2D eigenvalue weighted by Crippen LogP contribution is 2.24. The van der Waals surface area contributed by atoms with Crippen LogP contribution < -0.4 is 5.56 Å². The average molecular weight is 378 g/mol. The summed E-state index contributed by atoms with van der Waals surface area (Å²) in [7, 11) is 1.31. The van der Waals surface area contributed by atoms with Gasteiger partial charge in [0.05, 0.1) is 42.3 Å². The number of fused-ring (bicyclic) bond motifs is 1. The van der Waals surface area contributed by atoms with Gasteiger partial charge in [-0.2, -0.15) is 0 Å². The molecular weight excluding hydrogens is 356 g/mol. The Morgan fingerprint density at radius 3 is 3.00 bits per heavy atom. The number of thioether (sulfide) groups is 1. The van der Waals surface area contributed by atoms with E-state index >= 15 is 0 Å². The molecule has 0 radical (unpaired) electrons. The van der Waals surface area contributed by atoms with Crippen LogP contribution in [0.1, 0.15) is 30.1 Å². The second-order valence-electron chi connectivity index (χ2n) is 6.33. The number of esters is 1. The van der Waals surface area contributed by atoms with E-state index in [1.165, 1.54) is 23.4 Å². The number of carbonyl (C=O) groups is 1. The van der Waals surface area contributed by atoms with E-state index in [-0.39, 0.29) is 18.2 Å². The molecule has 2 aromatic rings. The highest BCUT2D eigenvalue weighted by Gasteiger charge is 2.19. The van der Waals surface area contributed by atoms with E-state index in [1.807, 2.05) is 0 Å². The molecule has 1 N–H and O–H groups in total. The normalized spacial score (nSPS) is 18.2. The summed E-state index contributed by atoms with van der Waals surface area (Å²) in [5.74, 6) is 0.212. The second kappa shape index (κ2) is 8.20. The van der Waals surface area contributed by atoms with Gasteiger partial charge in [0.1, 0.15) is 0 Å². The Hall–Kier alpha value is -1.90. The van der Waals surface area contributed by atoms with E-state index in [0.717, 1.165) is 19.4 Å². The van der Waals surface area contributed by atoms with Crippen LogP contribution in [0.5, 0.6) is 0 Å². The van der Waals surface area contributed by atoms with Crippen LogP contribution in [0.15, 0.2) is 28.2 Å². The van der Waals surface area contributed by atoms with Gasteiger partial charge in [-0.05, 0) is 38.0 Å². The van der Waals surface area contributed by atoms with Crippen molar-refractivity contribution in [3.63, 3.8) is 0 Å². The number of benzene rings is 1. The lowest BCUT2D eigenvalue weighted by Gasteiger charge is -2.16. The predicted molar refractivity (Wildman–Crippen MR) is 98.7 cm³/mol. The molecule has 0 bridgehead atoms. The fourth-order valence-corrected chi connectivity index (χ4v) is 4.00. The molecule has 0 aliphatic carbocycles. The van der Waals surface area contributed by atoms with Gasteiger partial charge >= 0.3 is 5.97 Å². The minimum absolute atomic E-state index is 0.147. The first kappa shape index (κ1) is 18.9.